The minimum Gasteiger partial charge on any atom is -0.462 e. The molecule has 0 aromatic carbocycles. The molecule has 0 fully saturated rings. The summed E-state index contributed by atoms with van der Waals surface area (Å²) >= 11 is 1.55. The quantitative estimate of drug-likeness (QED) is 0.745. The molecule has 0 aliphatic heterocycles. The van der Waals surface area contributed by atoms with Gasteiger partial charge < -0.3 is 9.73 Å². The molecule has 2 aromatic rings. The van der Waals surface area contributed by atoms with Gasteiger partial charge in [0, 0.05) is 11.0 Å². The fourth-order valence-corrected chi connectivity index (χ4v) is 4.67. The van der Waals surface area contributed by atoms with Gasteiger partial charge >= 0.3 is 0 Å². The average molecular weight is 369 g/mol. The summed E-state index contributed by atoms with van der Waals surface area (Å²) in [6.45, 7) is 8.67. The van der Waals surface area contributed by atoms with Crippen molar-refractivity contribution >= 4 is 28.3 Å². The first-order valence-electron chi connectivity index (χ1n) is 8.88. The third-order valence-electron chi connectivity index (χ3n) is 5.00. The lowest BCUT2D eigenvalue weighted by molar-refractivity contribution is -0.111. The molecule has 0 spiro atoms. The smallest absolute Gasteiger partial charge is 0.249 e. The standard InChI is InChI=1S/C21H24N2O2S/c1-13-5-7-15(25-13)8-10-19(24)23-20-17(12-22)16-9-6-14(21(2,3)4)11-18(16)26-20/h5,7-8,10,14H,6,9,11H2,1-4H3,(H,23,24)/b10-8+. The highest BCUT2D eigenvalue weighted by Crippen LogP contribution is 2.43. The van der Waals surface area contributed by atoms with E-state index in [1.807, 2.05) is 19.1 Å². The van der Waals surface area contributed by atoms with Gasteiger partial charge in [-0.2, -0.15) is 5.26 Å². The molecule has 1 aliphatic carbocycles. The van der Waals surface area contributed by atoms with Crippen LogP contribution in [0.25, 0.3) is 6.08 Å². The molecular formula is C21H24N2O2S. The van der Waals surface area contributed by atoms with E-state index >= 15 is 0 Å². The predicted molar refractivity (Wildman–Crippen MR) is 105 cm³/mol. The normalized spacial score (nSPS) is 17.1. The largest absolute Gasteiger partial charge is 0.462 e. The number of nitrogens with zero attached hydrogens (tertiary/aromatic N) is 1. The molecule has 1 aliphatic rings. The van der Waals surface area contributed by atoms with Gasteiger partial charge in [0.2, 0.25) is 5.91 Å². The lowest BCUT2D eigenvalue weighted by Gasteiger charge is -2.33. The van der Waals surface area contributed by atoms with Gasteiger partial charge in [-0.25, -0.2) is 0 Å². The number of aryl methyl sites for hydroxylation is 1. The Morgan fingerprint density at radius 1 is 1.42 bits per heavy atom. The zero-order valence-corrected chi connectivity index (χ0v) is 16.5. The maximum Gasteiger partial charge on any atom is 0.249 e. The second-order valence-electron chi connectivity index (χ2n) is 7.90. The van der Waals surface area contributed by atoms with Gasteiger partial charge in [-0.1, -0.05) is 20.8 Å². The highest BCUT2D eigenvalue weighted by Gasteiger charge is 2.32. The lowest BCUT2D eigenvalue weighted by Crippen LogP contribution is -2.26. The molecule has 1 unspecified atom stereocenters. The van der Waals surface area contributed by atoms with E-state index in [0.29, 0.717) is 22.2 Å². The first kappa shape index (κ1) is 18.5. The van der Waals surface area contributed by atoms with Crippen molar-refractivity contribution in [2.45, 2.75) is 47.0 Å². The molecule has 1 atom stereocenters. The van der Waals surface area contributed by atoms with Crippen LogP contribution in [0.15, 0.2) is 22.6 Å². The monoisotopic (exact) mass is 368 g/mol. The lowest BCUT2D eigenvalue weighted by atomic mass is 9.72. The third kappa shape index (κ3) is 3.91. The van der Waals surface area contributed by atoms with Gasteiger partial charge in [0.25, 0.3) is 0 Å². The van der Waals surface area contributed by atoms with Crippen molar-refractivity contribution in [2.75, 3.05) is 5.32 Å². The van der Waals surface area contributed by atoms with E-state index in [1.54, 1.807) is 17.4 Å². The van der Waals surface area contributed by atoms with Gasteiger partial charge in [0.15, 0.2) is 0 Å². The zero-order valence-electron chi connectivity index (χ0n) is 15.7. The van der Waals surface area contributed by atoms with Crippen LogP contribution in [0, 0.1) is 29.6 Å². The van der Waals surface area contributed by atoms with Gasteiger partial charge in [0.1, 0.15) is 22.6 Å². The van der Waals surface area contributed by atoms with E-state index in [-0.39, 0.29) is 11.3 Å². The maximum atomic E-state index is 12.3. The Morgan fingerprint density at radius 3 is 2.81 bits per heavy atom. The van der Waals surface area contributed by atoms with Gasteiger partial charge in [-0.05, 0) is 61.3 Å². The molecule has 136 valence electrons. The Bertz CT molecular complexity index is 890. The minimum absolute atomic E-state index is 0.249. The van der Waals surface area contributed by atoms with Crippen LogP contribution in [0.2, 0.25) is 0 Å². The van der Waals surface area contributed by atoms with Crippen molar-refractivity contribution in [3.05, 3.63) is 45.7 Å². The summed E-state index contributed by atoms with van der Waals surface area (Å²) in [6.07, 6.45) is 6.06. The fraction of sp³-hybridized carbons (Fsp3) is 0.429. The number of nitriles is 1. The number of carbonyl (C=O) groups excluding carboxylic acids is 1. The molecule has 0 radical (unpaired) electrons. The number of nitrogens with one attached hydrogen (secondary N) is 1. The number of carbonyl (C=O) groups is 1. The summed E-state index contributed by atoms with van der Waals surface area (Å²) in [5.74, 6) is 1.79. The Labute approximate surface area is 158 Å². The third-order valence-corrected chi connectivity index (χ3v) is 6.17. The van der Waals surface area contributed by atoms with Crippen molar-refractivity contribution in [3.63, 3.8) is 0 Å². The number of hydrogen-bond donors (Lipinski definition) is 1. The topological polar surface area (TPSA) is 66.0 Å². The van der Waals surface area contributed by atoms with E-state index in [2.05, 4.69) is 32.2 Å². The van der Waals surface area contributed by atoms with Gasteiger partial charge in [0.05, 0.1) is 5.56 Å². The number of thiophene rings is 1. The van der Waals surface area contributed by atoms with Gasteiger partial charge in [-0.15, -0.1) is 11.3 Å². The van der Waals surface area contributed by atoms with E-state index in [0.717, 1.165) is 30.6 Å². The van der Waals surface area contributed by atoms with Crippen LogP contribution in [0.1, 0.15) is 54.7 Å². The summed E-state index contributed by atoms with van der Waals surface area (Å²) in [6, 6.07) is 5.96. The summed E-state index contributed by atoms with van der Waals surface area (Å²) in [4.78, 5) is 13.5. The molecule has 2 aromatic heterocycles. The summed E-state index contributed by atoms with van der Waals surface area (Å²) in [7, 11) is 0. The first-order valence-corrected chi connectivity index (χ1v) is 9.69. The molecule has 5 heteroatoms. The van der Waals surface area contributed by atoms with Crippen LogP contribution < -0.4 is 5.32 Å². The maximum absolute atomic E-state index is 12.3. The molecule has 3 rings (SSSR count). The SMILES string of the molecule is Cc1ccc(/C=C/C(=O)Nc2sc3c(c2C#N)CCC(C(C)(C)C)C3)o1. The van der Waals surface area contributed by atoms with E-state index < -0.39 is 0 Å². The molecule has 1 N–H and O–H groups in total. The second-order valence-corrected chi connectivity index (χ2v) is 9.00. The highest BCUT2D eigenvalue weighted by molar-refractivity contribution is 7.16. The number of furan rings is 1. The van der Waals surface area contributed by atoms with Crippen LogP contribution in [0.4, 0.5) is 5.00 Å². The summed E-state index contributed by atoms with van der Waals surface area (Å²) in [5, 5.41) is 13.1. The van der Waals surface area contributed by atoms with Gasteiger partial charge in [-0.3, -0.25) is 4.79 Å². The first-order chi connectivity index (χ1) is 12.3. The minimum atomic E-state index is -0.249. The number of anilines is 1. The molecule has 2 heterocycles. The molecule has 4 nitrogen and oxygen atoms in total. The van der Waals surface area contributed by atoms with Crippen LogP contribution in [0.5, 0.6) is 0 Å². The Kier molecular flexibility index (Phi) is 5.06. The van der Waals surface area contributed by atoms with Crippen LogP contribution in [-0.2, 0) is 17.6 Å². The van der Waals surface area contributed by atoms with Crippen molar-refractivity contribution < 1.29 is 9.21 Å². The summed E-state index contributed by atoms with van der Waals surface area (Å²) < 4.78 is 5.42. The molecule has 1 amide bonds. The van der Waals surface area contributed by atoms with E-state index in [4.69, 9.17) is 4.42 Å². The summed E-state index contributed by atoms with van der Waals surface area (Å²) in [5.41, 5.74) is 2.01. The number of fused-ring (bicyclic) bond motifs is 1. The Balaban J connectivity index is 1.77. The molecule has 0 saturated heterocycles. The number of hydrogen-bond acceptors (Lipinski definition) is 4. The second kappa shape index (κ2) is 7.13. The fourth-order valence-electron chi connectivity index (χ4n) is 3.39. The zero-order chi connectivity index (χ0) is 18.9. The van der Waals surface area contributed by atoms with Crippen LogP contribution in [0.3, 0.4) is 0 Å². The predicted octanol–water partition coefficient (Wildman–Crippen LogP) is 5.32. The van der Waals surface area contributed by atoms with Crippen LogP contribution >= 0.6 is 11.3 Å². The Hall–Kier alpha value is -2.32. The molecular weight excluding hydrogens is 344 g/mol. The molecule has 0 bridgehead atoms. The van der Waals surface area contributed by atoms with E-state index in [9.17, 15) is 10.1 Å². The van der Waals surface area contributed by atoms with Crippen molar-refractivity contribution in [1.29, 1.82) is 5.26 Å². The van der Waals surface area contributed by atoms with Crippen LogP contribution in [-0.4, -0.2) is 5.91 Å². The highest BCUT2D eigenvalue weighted by atomic mass is 32.1. The average Bonchev–Trinajstić information content (AvgIpc) is 3.14. The van der Waals surface area contributed by atoms with Crippen molar-refractivity contribution in [2.24, 2.45) is 11.3 Å². The number of amides is 1. The number of rotatable bonds is 3. The molecule has 26 heavy (non-hydrogen) atoms. The molecule has 0 saturated carbocycles. The van der Waals surface area contributed by atoms with Crippen molar-refractivity contribution in [1.82, 2.24) is 0 Å². The Morgan fingerprint density at radius 2 is 2.19 bits per heavy atom. The van der Waals surface area contributed by atoms with Crippen molar-refractivity contribution in [3.8, 4) is 6.07 Å². The van der Waals surface area contributed by atoms with E-state index in [1.165, 1.54) is 11.0 Å².